The first kappa shape index (κ1) is 10.8. The zero-order chi connectivity index (χ0) is 10.1. The highest BCUT2D eigenvalue weighted by Crippen LogP contribution is 2.26. The van der Waals surface area contributed by atoms with Gasteiger partial charge in [-0.15, -0.1) is 0 Å². The first-order valence-electron chi connectivity index (χ1n) is 4.34. The average molecular weight is 197 g/mol. The maximum absolute atomic E-state index is 12.2. The number of hydrogen-bond donors (Lipinski definition) is 1. The molecule has 1 heterocycles. The normalized spacial score (nSPS) is 30.9. The van der Waals surface area contributed by atoms with Gasteiger partial charge < -0.3 is 10.1 Å². The number of rotatable bonds is 1. The Morgan fingerprint density at radius 3 is 2.38 bits per heavy atom. The zero-order valence-electron chi connectivity index (χ0n) is 7.69. The van der Waals surface area contributed by atoms with Gasteiger partial charge in [0.25, 0.3) is 0 Å². The molecule has 1 aliphatic heterocycles. The second-order valence-corrected chi connectivity index (χ2v) is 3.61. The lowest BCUT2D eigenvalue weighted by Gasteiger charge is -2.33. The first-order chi connectivity index (χ1) is 5.91. The van der Waals surface area contributed by atoms with Crippen LogP contribution in [-0.2, 0) is 4.74 Å². The van der Waals surface area contributed by atoms with Crippen molar-refractivity contribution < 1.29 is 17.9 Å². The Morgan fingerprint density at radius 1 is 1.31 bits per heavy atom. The molecule has 0 aromatic heterocycles. The van der Waals surface area contributed by atoms with Gasteiger partial charge in [0.15, 0.2) is 6.10 Å². The zero-order valence-corrected chi connectivity index (χ0v) is 7.69. The topological polar surface area (TPSA) is 21.3 Å². The van der Waals surface area contributed by atoms with E-state index in [-0.39, 0.29) is 18.6 Å². The van der Waals surface area contributed by atoms with E-state index in [9.17, 15) is 13.2 Å². The molecular weight excluding hydrogens is 183 g/mol. The van der Waals surface area contributed by atoms with Crippen LogP contribution in [0, 0.1) is 5.92 Å². The number of nitrogens with one attached hydrogen (secondary N) is 1. The van der Waals surface area contributed by atoms with Gasteiger partial charge in [-0.3, -0.25) is 0 Å². The molecule has 13 heavy (non-hydrogen) atoms. The van der Waals surface area contributed by atoms with Crippen molar-refractivity contribution in [1.29, 1.82) is 0 Å². The summed E-state index contributed by atoms with van der Waals surface area (Å²) in [6.45, 7) is 4.08. The minimum atomic E-state index is -4.25. The summed E-state index contributed by atoms with van der Waals surface area (Å²) in [5.74, 6) is 0.109. The number of halogens is 3. The van der Waals surface area contributed by atoms with Crippen LogP contribution in [0.15, 0.2) is 0 Å². The summed E-state index contributed by atoms with van der Waals surface area (Å²) in [6, 6.07) is 0. The van der Waals surface area contributed by atoms with E-state index < -0.39 is 12.3 Å². The predicted octanol–water partition coefficient (Wildman–Crippen LogP) is 1.56. The third-order valence-corrected chi connectivity index (χ3v) is 2.12. The Hall–Kier alpha value is -0.290. The van der Waals surface area contributed by atoms with Gasteiger partial charge in [0.05, 0.1) is 6.10 Å². The van der Waals surface area contributed by atoms with Gasteiger partial charge >= 0.3 is 6.18 Å². The van der Waals surface area contributed by atoms with Crippen LogP contribution in [0.5, 0.6) is 0 Å². The number of hydrogen-bond acceptors (Lipinski definition) is 2. The van der Waals surface area contributed by atoms with E-state index in [0.717, 1.165) is 0 Å². The summed E-state index contributed by atoms with van der Waals surface area (Å²) in [5, 5.41) is 2.73. The third-order valence-electron chi connectivity index (χ3n) is 2.12. The summed E-state index contributed by atoms with van der Waals surface area (Å²) in [5.41, 5.74) is 0. The fraction of sp³-hybridized carbons (Fsp3) is 1.00. The smallest absolute Gasteiger partial charge is 0.363 e. The highest BCUT2D eigenvalue weighted by Gasteiger charge is 2.43. The monoisotopic (exact) mass is 197 g/mol. The second kappa shape index (κ2) is 3.84. The Morgan fingerprint density at radius 2 is 1.92 bits per heavy atom. The van der Waals surface area contributed by atoms with Crippen molar-refractivity contribution in [2.45, 2.75) is 32.2 Å². The van der Waals surface area contributed by atoms with Crippen molar-refractivity contribution >= 4 is 0 Å². The molecule has 0 aromatic rings. The van der Waals surface area contributed by atoms with Crippen LogP contribution in [-0.4, -0.2) is 31.5 Å². The van der Waals surface area contributed by atoms with E-state index in [1.54, 1.807) is 0 Å². The van der Waals surface area contributed by atoms with Crippen molar-refractivity contribution in [1.82, 2.24) is 5.32 Å². The molecule has 1 fully saturated rings. The molecule has 2 nitrogen and oxygen atoms in total. The molecule has 1 rings (SSSR count). The van der Waals surface area contributed by atoms with E-state index in [1.165, 1.54) is 0 Å². The molecule has 78 valence electrons. The molecule has 0 saturated carbocycles. The van der Waals surface area contributed by atoms with Crippen LogP contribution in [0.1, 0.15) is 13.8 Å². The van der Waals surface area contributed by atoms with Gasteiger partial charge in [-0.2, -0.15) is 13.2 Å². The molecule has 1 saturated heterocycles. The molecule has 1 N–H and O–H groups in total. The van der Waals surface area contributed by atoms with Crippen molar-refractivity contribution in [2.75, 3.05) is 13.1 Å². The molecule has 0 aromatic carbocycles. The number of ether oxygens (including phenoxy) is 1. The van der Waals surface area contributed by atoms with Gasteiger partial charge in [0.2, 0.25) is 0 Å². The van der Waals surface area contributed by atoms with E-state index in [2.05, 4.69) is 5.32 Å². The van der Waals surface area contributed by atoms with E-state index >= 15 is 0 Å². The minimum Gasteiger partial charge on any atom is -0.363 e. The molecule has 0 radical (unpaired) electrons. The van der Waals surface area contributed by atoms with E-state index in [1.807, 2.05) is 13.8 Å². The van der Waals surface area contributed by atoms with E-state index in [4.69, 9.17) is 4.74 Å². The maximum atomic E-state index is 12.2. The van der Waals surface area contributed by atoms with Crippen molar-refractivity contribution in [3.8, 4) is 0 Å². The lowest BCUT2D eigenvalue weighted by atomic mass is 10.1. The second-order valence-electron chi connectivity index (χ2n) is 3.61. The van der Waals surface area contributed by atoms with Crippen LogP contribution >= 0.6 is 0 Å². The third kappa shape index (κ3) is 2.84. The Balaban J connectivity index is 2.52. The van der Waals surface area contributed by atoms with Crippen LogP contribution in [0.3, 0.4) is 0 Å². The summed E-state index contributed by atoms with van der Waals surface area (Å²) >= 11 is 0. The summed E-state index contributed by atoms with van der Waals surface area (Å²) < 4.78 is 41.6. The number of alkyl halides is 3. The van der Waals surface area contributed by atoms with Crippen molar-refractivity contribution in [3.05, 3.63) is 0 Å². The van der Waals surface area contributed by atoms with E-state index in [0.29, 0.717) is 6.54 Å². The van der Waals surface area contributed by atoms with Gasteiger partial charge in [-0.25, -0.2) is 0 Å². The standard InChI is InChI=1S/C8H14F3NO/c1-5(2)6-3-12-4-7(13-6)8(9,10)11/h5-7,12H,3-4H2,1-2H3. The van der Waals surface area contributed by atoms with Crippen molar-refractivity contribution in [3.63, 3.8) is 0 Å². The molecule has 0 aliphatic carbocycles. The quantitative estimate of drug-likeness (QED) is 0.688. The predicted molar refractivity (Wildman–Crippen MR) is 42.4 cm³/mol. The highest BCUT2D eigenvalue weighted by atomic mass is 19.4. The molecule has 2 unspecified atom stereocenters. The summed E-state index contributed by atoms with van der Waals surface area (Å²) in [6.07, 6.45) is -6.23. The SMILES string of the molecule is CC(C)C1CNCC(C(F)(F)F)O1. The molecule has 0 bridgehead atoms. The van der Waals surface area contributed by atoms with Crippen molar-refractivity contribution in [2.24, 2.45) is 5.92 Å². The van der Waals surface area contributed by atoms with Gasteiger partial charge in [-0.1, -0.05) is 13.8 Å². The lowest BCUT2D eigenvalue weighted by Crippen LogP contribution is -2.52. The Kier molecular flexibility index (Phi) is 3.18. The summed E-state index contributed by atoms with van der Waals surface area (Å²) in [7, 11) is 0. The fourth-order valence-electron chi connectivity index (χ4n) is 1.25. The Labute approximate surface area is 75.4 Å². The summed E-state index contributed by atoms with van der Waals surface area (Å²) in [4.78, 5) is 0. The van der Waals surface area contributed by atoms with Crippen LogP contribution in [0.2, 0.25) is 0 Å². The largest absolute Gasteiger partial charge is 0.415 e. The van der Waals surface area contributed by atoms with Crippen LogP contribution in [0.25, 0.3) is 0 Å². The molecule has 5 heteroatoms. The average Bonchev–Trinajstić information content (AvgIpc) is 2.03. The van der Waals surface area contributed by atoms with Gasteiger partial charge in [0, 0.05) is 13.1 Å². The highest BCUT2D eigenvalue weighted by molar-refractivity contribution is 4.80. The van der Waals surface area contributed by atoms with Gasteiger partial charge in [0.1, 0.15) is 0 Å². The fourth-order valence-corrected chi connectivity index (χ4v) is 1.25. The molecule has 0 spiro atoms. The molecule has 0 amide bonds. The first-order valence-corrected chi connectivity index (χ1v) is 4.34. The number of morpholine rings is 1. The molecule has 1 aliphatic rings. The molecular formula is C8H14F3NO. The Bertz CT molecular complexity index is 169. The minimum absolute atomic E-state index is 0.109. The van der Waals surface area contributed by atoms with Gasteiger partial charge in [-0.05, 0) is 5.92 Å². The lowest BCUT2D eigenvalue weighted by molar-refractivity contribution is -0.243. The maximum Gasteiger partial charge on any atom is 0.415 e. The van der Waals surface area contributed by atoms with Crippen LogP contribution in [0.4, 0.5) is 13.2 Å². The molecule has 2 atom stereocenters. The van der Waals surface area contributed by atoms with Crippen LogP contribution < -0.4 is 5.32 Å².